The van der Waals surface area contributed by atoms with Gasteiger partial charge in [0.2, 0.25) is 0 Å². The van der Waals surface area contributed by atoms with Crippen LogP contribution in [0.3, 0.4) is 0 Å². The van der Waals surface area contributed by atoms with E-state index in [4.69, 9.17) is 22.7 Å². The lowest BCUT2D eigenvalue weighted by Gasteiger charge is -2.29. The fourth-order valence-corrected chi connectivity index (χ4v) is 2.98. The molecule has 0 radical (unpaired) electrons. The summed E-state index contributed by atoms with van der Waals surface area (Å²) in [7, 11) is 0. The Balaban J connectivity index is 2.03. The highest BCUT2D eigenvalue weighted by atomic mass is 79.9. The highest BCUT2D eigenvalue weighted by Crippen LogP contribution is 2.27. The summed E-state index contributed by atoms with van der Waals surface area (Å²) in [4.78, 5) is 0.421. The summed E-state index contributed by atoms with van der Waals surface area (Å²) in [6, 6.07) is 6.36. The van der Waals surface area contributed by atoms with Crippen LogP contribution in [-0.2, 0) is 4.74 Å². The number of anilines is 1. The lowest BCUT2D eigenvalue weighted by atomic mass is 9.93. The molecule has 0 aliphatic carbocycles. The summed E-state index contributed by atoms with van der Waals surface area (Å²) in [6.45, 7) is 3.97. The predicted octanol–water partition coefficient (Wildman–Crippen LogP) is 3.31. The number of thiocarbonyl (C=S) groups is 1. The van der Waals surface area contributed by atoms with E-state index in [-0.39, 0.29) is 0 Å². The van der Waals surface area contributed by atoms with Crippen LogP contribution in [0.25, 0.3) is 0 Å². The molecule has 1 unspecified atom stereocenters. The minimum absolute atomic E-state index is 0.421. The van der Waals surface area contributed by atoms with Crippen molar-refractivity contribution in [3.05, 3.63) is 28.2 Å². The quantitative estimate of drug-likeness (QED) is 0.824. The highest BCUT2D eigenvalue weighted by Gasteiger charge is 2.20. The molecule has 3 nitrogen and oxygen atoms in total. The zero-order valence-electron chi connectivity index (χ0n) is 11.0. The Hall–Kier alpha value is -0.650. The maximum absolute atomic E-state index is 5.63. The standard InChI is InChI=1S/C14H19BrN2OS/c1-9(10-4-6-18-7-5-10)17-13-3-2-11(14(16)19)8-12(13)15/h2-3,8-10,17H,4-7H2,1H3,(H2,16,19). The summed E-state index contributed by atoms with van der Waals surface area (Å²) in [5.41, 5.74) is 7.59. The van der Waals surface area contributed by atoms with Crippen LogP contribution >= 0.6 is 28.1 Å². The van der Waals surface area contributed by atoms with Crippen molar-refractivity contribution in [1.29, 1.82) is 0 Å². The number of nitrogens with two attached hydrogens (primary N) is 1. The van der Waals surface area contributed by atoms with Gasteiger partial charge in [0.15, 0.2) is 0 Å². The average Bonchev–Trinajstić information content (AvgIpc) is 2.41. The van der Waals surface area contributed by atoms with Crippen molar-refractivity contribution in [2.75, 3.05) is 18.5 Å². The zero-order valence-corrected chi connectivity index (χ0v) is 13.4. The predicted molar refractivity (Wildman–Crippen MR) is 86.7 cm³/mol. The molecule has 19 heavy (non-hydrogen) atoms. The van der Waals surface area contributed by atoms with Gasteiger partial charge in [-0.2, -0.15) is 0 Å². The largest absolute Gasteiger partial charge is 0.389 e. The molecule has 0 aromatic heterocycles. The second-order valence-electron chi connectivity index (χ2n) is 4.94. The highest BCUT2D eigenvalue weighted by molar-refractivity contribution is 9.10. The number of hydrogen-bond acceptors (Lipinski definition) is 3. The number of rotatable bonds is 4. The van der Waals surface area contributed by atoms with Gasteiger partial charge in [0.05, 0.1) is 0 Å². The first-order chi connectivity index (χ1) is 9.08. The molecular weight excluding hydrogens is 324 g/mol. The Morgan fingerprint density at radius 3 is 2.74 bits per heavy atom. The SMILES string of the molecule is CC(Nc1ccc(C(N)=S)cc1Br)C1CCOCC1. The Morgan fingerprint density at radius 2 is 2.16 bits per heavy atom. The molecule has 2 rings (SSSR count). The number of hydrogen-bond donors (Lipinski definition) is 2. The molecular formula is C14H19BrN2OS. The van der Waals surface area contributed by atoms with Gasteiger partial charge in [0, 0.05) is 35.0 Å². The van der Waals surface area contributed by atoms with Crippen LogP contribution in [0, 0.1) is 5.92 Å². The fraction of sp³-hybridized carbons (Fsp3) is 0.500. The molecule has 3 N–H and O–H groups in total. The van der Waals surface area contributed by atoms with Crippen molar-refractivity contribution in [3.63, 3.8) is 0 Å². The molecule has 0 bridgehead atoms. The van der Waals surface area contributed by atoms with Crippen LogP contribution in [0.2, 0.25) is 0 Å². The average molecular weight is 343 g/mol. The van der Waals surface area contributed by atoms with Crippen molar-refractivity contribution in [2.45, 2.75) is 25.8 Å². The van der Waals surface area contributed by atoms with Gasteiger partial charge >= 0.3 is 0 Å². The minimum Gasteiger partial charge on any atom is -0.389 e. The maximum atomic E-state index is 5.63. The smallest absolute Gasteiger partial charge is 0.104 e. The van der Waals surface area contributed by atoms with Gasteiger partial charge in [0.1, 0.15) is 4.99 Å². The Labute approximate surface area is 128 Å². The zero-order chi connectivity index (χ0) is 13.8. The van der Waals surface area contributed by atoms with Crippen LogP contribution in [0.1, 0.15) is 25.3 Å². The molecule has 0 saturated carbocycles. The van der Waals surface area contributed by atoms with E-state index >= 15 is 0 Å². The monoisotopic (exact) mass is 342 g/mol. The topological polar surface area (TPSA) is 47.3 Å². The molecule has 0 amide bonds. The first-order valence-corrected chi connectivity index (χ1v) is 7.71. The summed E-state index contributed by atoms with van der Waals surface area (Å²) in [5.74, 6) is 0.663. The van der Waals surface area contributed by atoms with Crippen molar-refractivity contribution in [2.24, 2.45) is 11.7 Å². The van der Waals surface area contributed by atoms with Gasteiger partial charge in [-0.3, -0.25) is 0 Å². The Kier molecular flexibility index (Phi) is 5.19. The molecule has 1 aromatic carbocycles. The first-order valence-electron chi connectivity index (χ1n) is 6.51. The maximum Gasteiger partial charge on any atom is 0.104 e. The molecule has 1 fully saturated rings. The number of halogens is 1. The first kappa shape index (κ1) is 14.8. The molecule has 1 heterocycles. The van der Waals surface area contributed by atoms with E-state index in [1.54, 1.807) is 0 Å². The Morgan fingerprint density at radius 1 is 1.47 bits per heavy atom. The van der Waals surface area contributed by atoms with Crippen molar-refractivity contribution in [3.8, 4) is 0 Å². The van der Waals surface area contributed by atoms with E-state index in [2.05, 4.69) is 28.2 Å². The van der Waals surface area contributed by atoms with Gasteiger partial charge in [-0.1, -0.05) is 12.2 Å². The van der Waals surface area contributed by atoms with Crippen molar-refractivity contribution in [1.82, 2.24) is 0 Å². The van der Waals surface area contributed by atoms with E-state index in [9.17, 15) is 0 Å². The van der Waals surface area contributed by atoms with Gasteiger partial charge in [0.25, 0.3) is 0 Å². The third-order valence-corrected chi connectivity index (χ3v) is 4.50. The molecule has 0 spiro atoms. The van der Waals surface area contributed by atoms with E-state index in [0.717, 1.165) is 41.8 Å². The van der Waals surface area contributed by atoms with Crippen LogP contribution in [0.4, 0.5) is 5.69 Å². The lowest BCUT2D eigenvalue weighted by molar-refractivity contribution is 0.0622. The molecule has 5 heteroatoms. The third-order valence-electron chi connectivity index (χ3n) is 3.61. The van der Waals surface area contributed by atoms with Crippen LogP contribution in [0.15, 0.2) is 22.7 Å². The summed E-state index contributed by atoms with van der Waals surface area (Å²) < 4.78 is 6.40. The summed E-state index contributed by atoms with van der Waals surface area (Å²) >= 11 is 8.54. The lowest BCUT2D eigenvalue weighted by Crippen LogP contribution is -2.31. The Bertz CT molecular complexity index is 461. The normalized spacial score (nSPS) is 18.0. The third kappa shape index (κ3) is 3.91. The van der Waals surface area contributed by atoms with Gasteiger partial charge in [-0.25, -0.2) is 0 Å². The molecule has 1 atom stereocenters. The molecule has 1 aromatic rings. The molecule has 1 saturated heterocycles. The number of benzene rings is 1. The van der Waals surface area contributed by atoms with E-state index in [1.165, 1.54) is 0 Å². The van der Waals surface area contributed by atoms with E-state index in [0.29, 0.717) is 16.9 Å². The van der Waals surface area contributed by atoms with Gasteiger partial charge in [-0.15, -0.1) is 0 Å². The van der Waals surface area contributed by atoms with Crippen LogP contribution in [-0.4, -0.2) is 24.2 Å². The van der Waals surface area contributed by atoms with Crippen molar-refractivity contribution < 1.29 is 4.74 Å². The molecule has 1 aliphatic rings. The van der Waals surface area contributed by atoms with E-state index in [1.807, 2.05) is 18.2 Å². The van der Waals surface area contributed by atoms with Crippen molar-refractivity contribution >= 4 is 38.8 Å². The number of nitrogens with one attached hydrogen (secondary N) is 1. The second kappa shape index (κ2) is 6.68. The second-order valence-corrected chi connectivity index (χ2v) is 6.24. The number of ether oxygens (including phenoxy) is 1. The van der Waals surface area contributed by atoms with Gasteiger partial charge in [-0.05, 0) is 59.8 Å². The van der Waals surface area contributed by atoms with Gasteiger partial charge < -0.3 is 15.8 Å². The summed E-state index contributed by atoms with van der Waals surface area (Å²) in [5, 5.41) is 3.56. The fourth-order valence-electron chi connectivity index (χ4n) is 2.36. The molecule has 104 valence electrons. The van der Waals surface area contributed by atoms with Crippen LogP contribution in [0.5, 0.6) is 0 Å². The minimum atomic E-state index is 0.421. The summed E-state index contributed by atoms with van der Waals surface area (Å²) in [6.07, 6.45) is 2.24. The van der Waals surface area contributed by atoms with Crippen LogP contribution < -0.4 is 11.1 Å². The van der Waals surface area contributed by atoms with E-state index < -0.39 is 0 Å². The molecule has 1 aliphatic heterocycles.